The van der Waals surface area contributed by atoms with Crippen molar-refractivity contribution in [2.24, 2.45) is 0 Å². The van der Waals surface area contributed by atoms with E-state index in [2.05, 4.69) is 5.32 Å². The standard InChI is InChI=1S/C25H26ClNO9/c1-33-18-10-16(19(34-2)9-15(18)26)27-24(32)14-7-12-5-3-4-6-13(12)8-17(14)35-25-23(31)22(30)21(29)20(11-28)36-25/h3-10,20-23,25,28-31H,11H2,1-2H3,(H,27,32)/t20-,21-,22+,23-,25-/m0/s1. The summed E-state index contributed by atoms with van der Waals surface area (Å²) in [6.07, 6.45) is -7.47. The zero-order valence-corrected chi connectivity index (χ0v) is 20.2. The molecule has 0 aromatic heterocycles. The molecule has 4 rings (SSSR count). The molecule has 0 spiro atoms. The van der Waals surface area contributed by atoms with Gasteiger partial charge in [0.15, 0.2) is 0 Å². The lowest BCUT2D eigenvalue weighted by Crippen LogP contribution is -2.60. The molecular weight excluding hydrogens is 494 g/mol. The molecule has 11 heteroatoms. The van der Waals surface area contributed by atoms with E-state index in [4.69, 9.17) is 30.5 Å². The fraction of sp³-hybridized carbons (Fsp3) is 0.320. The van der Waals surface area contributed by atoms with E-state index in [-0.39, 0.29) is 17.0 Å². The van der Waals surface area contributed by atoms with E-state index >= 15 is 0 Å². The topological polar surface area (TPSA) is 147 Å². The lowest BCUT2D eigenvalue weighted by Gasteiger charge is -2.39. The third kappa shape index (κ3) is 5.05. The molecule has 1 saturated heterocycles. The predicted molar refractivity (Wildman–Crippen MR) is 131 cm³/mol. The van der Waals surface area contributed by atoms with Crippen LogP contribution in [0, 0.1) is 0 Å². The van der Waals surface area contributed by atoms with Gasteiger partial charge in [0.1, 0.15) is 41.7 Å². The molecule has 192 valence electrons. The van der Waals surface area contributed by atoms with Crippen LogP contribution >= 0.6 is 11.6 Å². The van der Waals surface area contributed by atoms with Crippen molar-refractivity contribution in [2.75, 3.05) is 26.1 Å². The summed E-state index contributed by atoms with van der Waals surface area (Å²) in [4.78, 5) is 13.4. The van der Waals surface area contributed by atoms with Gasteiger partial charge in [0.05, 0.1) is 37.1 Å². The second kappa shape index (κ2) is 10.9. The van der Waals surface area contributed by atoms with Gasteiger partial charge in [-0.05, 0) is 22.9 Å². The van der Waals surface area contributed by atoms with Crippen LogP contribution in [0.5, 0.6) is 17.2 Å². The van der Waals surface area contributed by atoms with Crippen LogP contribution in [-0.2, 0) is 4.74 Å². The van der Waals surface area contributed by atoms with Crippen molar-refractivity contribution in [3.8, 4) is 17.2 Å². The first-order chi connectivity index (χ1) is 17.3. The van der Waals surface area contributed by atoms with Crippen LogP contribution in [0.1, 0.15) is 10.4 Å². The quantitative estimate of drug-likeness (QED) is 0.316. The van der Waals surface area contributed by atoms with Crippen molar-refractivity contribution in [1.29, 1.82) is 0 Å². The number of carbonyl (C=O) groups is 1. The molecule has 3 aromatic carbocycles. The minimum Gasteiger partial charge on any atom is -0.495 e. The number of amides is 1. The van der Waals surface area contributed by atoms with Gasteiger partial charge in [0.25, 0.3) is 5.91 Å². The largest absolute Gasteiger partial charge is 0.495 e. The maximum atomic E-state index is 13.4. The second-order valence-electron chi connectivity index (χ2n) is 8.15. The molecular formula is C25H26ClNO9. The number of anilines is 1. The van der Waals surface area contributed by atoms with Crippen LogP contribution in [0.4, 0.5) is 5.69 Å². The Balaban J connectivity index is 1.72. The molecule has 0 saturated carbocycles. The zero-order valence-electron chi connectivity index (χ0n) is 19.4. The summed E-state index contributed by atoms with van der Waals surface area (Å²) in [7, 11) is 2.87. The van der Waals surface area contributed by atoms with E-state index < -0.39 is 43.2 Å². The van der Waals surface area contributed by atoms with Crippen LogP contribution in [0.3, 0.4) is 0 Å². The van der Waals surface area contributed by atoms with Crippen LogP contribution < -0.4 is 19.5 Å². The molecule has 5 atom stereocenters. The van der Waals surface area contributed by atoms with Crippen molar-refractivity contribution in [3.05, 3.63) is 59.1 Å². The van der Waals surface area contributed by atoms with Crippen LogP contribution in [0.2, 0.25) is 5.02 Å². The average Bonchev–Trinajstić information content (AvgIpc) is 2.89. The summed E-state index contributed by atoms with van der Waals surface area (Å²) in [5, 5.41) is 44.6. The van der Waals surface area contributed by atoms with E-state index in [0.29, 0.717) is 16.5 Å². The molecule has 1 fully saturated rings. The lowest BCUT2D eigenvalue weighted by molar-refractivity contribution is -0.277. The van der Waals surface area contributed by atoms with Crippen molar-refractivity contribution < 1.29 is 44.2 Å². The fourth-order valence-corrected chi connectivity index (χ4v) is 4.16. The lowest BCUT2D eigenvalue weighted by atomic mass is 9.99. The number of carbonyl (C=O) groups excluding carboxylic acids is 1. The van der Waals surface area contributed by atoms with Gasteiger partial charge in [-0.1, -0.05) is 35.9 Å². The number of aliphatic hydroxyl groups excluding tert-OH is 4. The Labute approximate surface area is 211 Å². The molecule has 5 N–H and O–H groups in total. The summed E-state index contributed by atoms with van der Waals surface area (Å²) >= 11 is 6.16. The number of rotatable bonds is 7. The molecule has 1 amide bonds. The average molecular weight is 520 g/mol. The monoisotopic (exact) mass is 519 g/mol. The van der Waals surface area contributed by atoms with Gasteiger partial charge in [0.2, 0.25) is 6.29 Å². The molecule has 10 nitrogen and oxygen atoms in total. The first-order valence-electron chi connectivity index (χ1n) is 11.0. The number of hydrogen-bond donors (Lipinski definition) is 5. The minimum absolute atomic E-state index is 0.0374. The summed E-state index contributed by atoms with van der Waals surface area (Å²) in [5.41, 5.74) is 0.373. The smallest absolute Gasteiger partial charge is 0.259 e. The Morgan fingerprint density at radius 1 is 0.944 bits per heavy atom. The van der Waals surface area contributed by atoms with Gasteiger partial charge in [0, 0.05) is 12.1 Å². The minimum atomic E-state index is -1.65. The van der Waals surface area contributed by atoms with E-state index in [1.54, 1.807) is 12.1 Å². The van der Waals surface area contributed by atoms with Gasteiger partial charge in [-0.3, -0.25) is 4.79 Å². The van der Waals surface area contributed by atoms with Crippen molar-refractivity contribution in [1.82, 2.24) is 0 Å². The molecule has 1 aliphatic rings. The highest BCUT2D eigenvalue weighted by atomic mass is 35.5. The van der Waals surface area contributed by atoms with Crippen LogP contribution in [0.25, 0.3) is 10.8 Å². The Kier molecular flexibility index (Phi) is 7.84. The second-order valence-corrected chi connectivity index (χ2v) is 8.56. The third-order valence-electron chi connectivity index (χ3n) is 5.91. The highest BCUT2D eigenvalue weighted by molar-refractivity contribution is 6.32. The maximum absolute atomic E-state index is 13.4. The Morgan fingerprint density at radius 3 is 2.25 bits per heavy atom. The number of benzene rings is 3. The number of nitrogens with one attached hydrogen (secondary N) is 1. The summed E-state index contributed by atoms with van der Waals surface area (Å²) < 4.78 is 21.9. The zero-order chi connectivity index (χ0) is 26.0. The van der Waals surface area contributed by atoms with Crippen molar-refractivity contribution in [3.63, 3.8) is 0 Å². The molecule has 36 heavy (non-hydrogen) atoms. The number of methoxy groups -OCH3 is 2. The van der Waals surface area contributed by atoms with Crippen LogP contribution in [-0.4, -0.2) is 77.9 Å². The number of halogens is 1. The van der Waals surface area contributed by atoms with Gasteiger partial charge in [-0.15, -0.1) is 0 Å². The van der Waals surface area contributed by atoms with E-state index in [1.807, 2.05) is 24.3 Å². The SMILES string of the molecule is COc1cc(NC(=O)c2cc3ccccc3cc2O[C@H]2O[C@@H](CO)[C@H](O)[C@@H](O)[C@@H]2O)c(OC)cc1Cl. The number of aliphatic hydroxyl groups is 4. The molecule has 0 unspecified atom stereocenters. The van der Waals surface area contributed by atoms with E-state index in [0.717, 1.165) is 10.8 Å². The first kappa shape index (κ1) is 26.0. The highest BCUT2D eigenvalue weighted by Gasteiger charge is 2.45. The van der Waals surface area contributed by atoms with Gasteiger partial charge in [-0.2, -0.15) is 0 Å². The Bertz CT molecular complexity index is 1250. The third-order valence-corrected chi connectivity index (χ3v) is 6.20. The summed E-state index contributed by atoms with van der Waals surface area (Å²) in [6.45, 7) is -0.617. The predicted octanol–water partition coefficient (Wildman–Crippen LogP) is 1.94. The van der Waals surface area contributed by atoms with Crippen molar-refractivity contribution in [2.45, 2.75) is 30.7 Å². The molecule has 1 heterocycles. The van der Waals surface area contributed by atoms with Gasteiger partial charge < -0.3 is 44.7 Å². The number of ether oxygens (including phenoxy) is 4. The maximum Gasteiger partial charge on any atom is 0.259 e. The number of hydrogen-bond acceptors (Lipinski definition) is 9. The fourth-order valence-electron chi connectivity index (χ4n) is 3.93. The first-order valence-corrected chi connectivity index (χ1v) is 11.4. The summed E-state index contributed by atoms with van der Waals surface area (Å²) in [6, 6.07) is 13.5. The molecule has 1 aliphatic heterocycles. The highest BCUT2D eigenvalue weighted by Crippen LogP contribution is 2.37. The number of fused-ring (bicyclic) bond motifs is 1. The molecule has 3 aromatic rings. The molecule has 0 radical (unpaired) electrons. The van der Waals surface area contributed by atoms with Crippen molar-refractivity contribution >= 4 is 34.0 Å². The molecule has 0 bridgehead atoms. The Morgan fingerprint density at radius 2 is 1.61 bits per heavy atom. The van der Waals surface area contributed by atoms with Gasteiger partial charge in [-0.25, -0.2) is 0 Å². The van der Waals surface area contributed by atoms with Gasteiger partial charge >= 0.3 is 0 Å². The van der Waals surface area contributed by atoms with Crippen LogP contribution in [0.15, 0.2) is 48.5 Å². The van der Waals surface area contributed by atoms with E-state index in [9.17, 15) is 25.2 Å². The van der Waals surface area contributed by atoms with E-state index in [1.165, 1.54) is 26.4 Å². The normalized spacial score (nSPS) is 23.8. The summed E-state index contributed by atoms with van der Waals surface area (Å²) in [5.74, 6) is 0.0776. The Hall–Kier alpha value is -3.12. The molecule has 0 aliphatic carbocycles.